The van der Waals surface area contributed by atoms with Crippen molar-refractivity contribution in [1.82, 2.24) is 9.97 Å². The SMILES string of the molecule is O=C(Nc1ccccc1)c1cccc2[nH]c(-c3ccc(Br)o3)nc12. The van der Waals surface area contributed by atoms with Gasteiger partial charge < -0.3 is 14.7 Å². The minimum Gasteiger partial charge on any atom is -0.446 e. The number of furan rings is 1. The molecule has 6 heteroatoms. The van der Waals surface area contributed by atoms with E-state index in [0.717, 1.165) is 11.2 Å². The highest BCUT2D eigenvalue weighted by Crippen LogP contribution is 2.26. The van der Waals surface area contributed by atoms with Gasteiger partial charge in [0.05, 0.1) is 11.1 Å². The van der Waals surface area contributed by atoms with Crippen LogP contribution in [0.5, 0.6) is 0 Å². The standard InChI is InChI=1S/C18H12BrN3O2/c19-15-10-9-14(24-15)17-21-13-8-4-7-12(16(13)22-17)18(23)20-11-5-2-1-3-6-11/h1-10H,(H,20,23)(H,21,22). The lowest BCUT2D eigenvalue weighted by Crippen LogP contribution is -2.12. The maximum atomic E-state index is 12.6. The summed E-state index contributed by atoms with van der Waals surface area (Å²) in [4.78, 5) is 20.3. The Bertz CT molecular complexity index is 1020. The van der Waals surface area contributed by atoms with Crippen molar-refractivity contribution in [2.45, 2.75) is 0 Å². The molecule has 118 valence electrons. The van der Waals surface area contributed by atoms with Gasteiger partial charge in [-0.25, -0.2) is 4.98 Å². The molecule has 0 saturated heterocycles. The minimum atomic E-state index is -0.203. The summed E-state index contributed by atoms with van der Waals surface area (Å²) < 4.78 is 6.14. The summed E-state index contributed by atoms with van der Waals surface area (Å²) in [5.74, 6) is 0.980. The number of hydrogen-bond donors (Lipinski definition) is 2. The van der Waals surface area contributed by atoms with Crippen molar-refractivity contribution in [3.05, 3.63) is 70.9 Å². The molecular formula is C18H12BrN3O2. The van der Waals surface area contributed by atoms with Crippen LogP contribution in [0.25, 0.3) is 22.6 Å². The fourth-order valence-electron chi connectivity index (χ4n) is 2.49. The smallest absolute Gasteiger partial charge is 0.257 e. The van der Waals surface area contributed by atoms with Crippen LogP contribution in [-0.4, -0.2) is 15.9 Å². The van der Waals surface area contributed by atoms with Crippen LogP contribution in [-0.2, 0) is 0 Å². The summed E-state index contributed by atoms with van der Waals surface area (Å²) in [5, 5.41) is 2.88. The second-order valence-electron chi connectivity index (χ2n) is 5.21. The number of para-hydroxylation sites is 2. The van der Waals surface area contributed by atoms with Crippen molar-refractivity contribution in [1.29, 1.82) is 0 Å². The molecular weight excluding hydrogens is 370 g/mol. The van der Waals surface area contributed by atoms with Gasteiger partial charge in [-0.3, -0.25) is 4.79 Å². The number of aromatic nitrogens is 2. The largest absolute Gasteiger partial charge is 0.446 e. The van der Waals surface area contributed by atoms with Crippen LogP contribution in [0.4, 0.5) is 5.69 Å². The van der Waals surface area contributed by atoms with Gasteiger partial charge in [0.25, 0.3) is 5.91 Å². The summed E-state index contributed by atoms with van der Waals surface area (Å²) in [6.45, 7) is 0. The van der Waals surface area contributed by atoms with Crippen molar-refractivity contribution in [2.75, 3.05) is 5.32 Å². The van der Waals surface area contributed by atoms with Gasteiger partial charge in [-0.05, 0) is 52.3 Å². The van der Waals surface area contributed by atoms with E-state index in [1.807, 2.05) is 48.5 Å². The van der Waals surface area contributed by atoms with Crippen molar-refractivity contribution in [2.24, 2.45) is 0 Å². The van der Waals surface area contributed by atoms with Crippen LogP contribution in [0.15, 0.2) is 69.8 Å². The number of rotatable bonds is 3. The zero-order valence-electron chi connectivity index (χ0n) is 12.4. The molecule has 4 rings (SSSR count). The first-order valence-corrected chi connectivity index (χ1v) is 8.11. The van der Waals surface area contributed by atoms with Crippen molar-refractivity contribution < 1.29 is 9.21 Å². The Morgan fingerprint density at radius 2 is 1.88 bits per heavy atom. The van der Waals surface area contributed by atoms with E-state index in [1.165, 1.54) is 0 Å². The number of hydrogen-bond acceptors (Lipinski definition) is 3. The molecule has 0 bridgehead atoms. The number of halogens is 1. The maximum Gasteiger partial charge on any atom is 0.257 e. The molecule has 0 aliphatic heterocycles. The summed E-state index contributed by atoms with van der Waals surface area (Å²) in [6.07, 6.45) is 0. The highest BCUT2D eigenvalue weighted by molar-refractivity contribution is 9.10. The van der Waals surface area contributed by atoms with Gasteiger partial charge in [-0.15, -0.1) is 0 Å². The third-order valence-corrected chi connectivity index (χ3v) is 4.02. The molecule has 0 atom stereocenters. The van der Waals surface area contributed by atoms with Crippen LogP contribution < -0.4 is 5.32 Å². The first-order chi connectivity index (χ1) is 11.7. The predicted molar refractivity (Wildman–Crippen MR) is 95.9 cm³/mol. The monoisotopic (exact) mass is 381 g/mol. The van der Waals surface area contributed by atoms with E-state index in [1.54, 1.807) is 12.1 Å². The lowest BCUT2D eigenvalue weighted by atomic mass is 10.1. The second kappa shape index (κ2) is 5.98. The zero-order chi connectivity index (χ0) is 16.5. The zero-order valence-corrected chi connectivity index (χ0v) is 14.0. The first-order valence-electron chi connectivity index (χ1n) is 7.31. The molecule has 2 aromatic heterocycles. The van der Waals surface area contributed by atoms with Crippen LogP contribution in [0.3, 0.4) is 0 Å². The molecule has 0 aliphatic carbocycles. The minimum absolute atomic E-state index is 0.203. The Hall–Kier alpha value is -2.86. The number of carbonyl (C=O) groups is 1. The Morgan fingerprint density at radius 3 is 2.62 bits per heavy atom. The number of fused-ring (bicyclic) bond motifs is 1. The highest BCUT2D eigenvalue weighted by Gasteiger charge is 2.16. The number of H-pyrrole nitrogens is 1. The highest BCUT2D eigenvalue weighted by atomic mass is 79.9. The normalized spacial score (nSPS) is 10.9. The van der Waals surface area contributed by atoms with Gasteiger partial charge in [-0.1, -0.05) is 24.3 Å². The Morgan fingerprint density at radius 1 is 1.04 bits per heavy atom. The summed E-state index contributed by atoms with van der Waals surface area (Å²) >= 11 is 3.28. The fourth-order valence-corrected chi connectivity index (χ4v) is 2.80. The van der Waals surface area contributed by atoms with Crippen LogP contribution in [0.1, 0.15) is 10.4 Å². The number of nitrogens with one attached hydrogen (secondary N) is 2. The first kappa shape index (κ1) is 14.7. The number of benzene rings is 2. The van der Waals surface area contributed by atoms with E-state index in [4.69, 9.17) is 4.42 Å². The van der Waals surface area contributed by atoms with Gasteiger partial charge in [0.2, 0.25) is 0 Å². The molecule has 0 aliphatic rings. The Kier molecular flexibility index (Phi) is 3.66. The van der Waals surface area contributed by atoms with Crippen molar-refractivity contribution >= 4 is 38.6 Å². The molecule has 1 amide bonds. The van der Waals surface area contributed by atoms with Crippen molar-refractivity contribution in [3.8, 4) is 11.6 Å². The summed E-state index contributed by atoms with van der Waals surface area (Å²) in [7, 11) is 0. The lowest BCUT2D eigenvalue weighted by molar-refractivity contribution is 0.102. The molecule has 2 aromatic carbocycles. The molecule has 2 N–H and O–H groups in total. The van der Waals surface area contributed by atoms with Gasteiger partial charge in [0.1, 0.15) is 5.52 Å². The van der Waals surface area contributed by atoms with E-state index < -0.39 is 0 Å². The van der Waals surface area contributed by atoms with Gasteiger partial charge >= 0.3 is 0 Å². The average Bonchev–Trinajstić information content (AvgIpc) is 3.21. The van der Waals surface area contributed by atoms with E-state index in [9.17, 15) is 4.79 Å². The summed E-state index contributed by atoms with van der Waals surface area (Å²) in [5.41, 5.74) is 2.63. The number of carbonyl (C=O) groups excluding carboxylic acids is 1. The number of amides is 1. The van der Waals surface area contributed by atoms with Crippen molar-refractivity contribution in [3.63, 3.8) is 0 Å². The molecule has 0 saturated carbocycles. The van der Waals surface area contributed by atoms with E-state index >= 15 is 0 Å². The number of aromatic amines is 1. The molecule has 0 unspecified atom stereocenters. The Labute approximate surface area is 145 Å². The number of nitrogens with zero attached hydrogens (tertiary/aromatic N) is 1. The van der Waals surface area contributed by atoms with Crippen LogP contribution in [0, 0.1) is 0 Å². The molecule has 4 aromatic rings. The van der Waals surface area contributed by atoms with Gasteiger partial charge in [0.15, 0.2) is 16.3 Å². The number of imidazole rings is 1. The van der Waals surface area contributed by atoms with Gasteiger partial charge in [-0.2, -0.15) is 0 Å². The molecule has 0 spiro atoms. The van der Waals surface area contributed by atoms with E-state index in [-0.39, 0.29) is 5.91 Å². The van der Waals surface area contributed by atoms with E-state index in [2.05, 4.69) is 31.2 Å². The molecule has 24 heavy (non-hydrogen) atoms. The van der Waals surface area contributed by atoms with E-state index in [0.29, 0.717) is 27.3 Å². The van der Waals surface area contributed by atoms with Gasteiger partial charge in [0, 0.05) is 5.69 Å². The van der Waals surface area contributed by atoms with Crippen LogP contribution in [0.2, 0.25) is 0 Å². The third-order valence-electron chi connectivity index (χ3n) is 3.60. The third kappa shape index (κ3) is 2.72. The predicted octanol–water partition coefficient (Wildman–Crippen LogP) is 4.84. The lowest BCUT2D eigenvalue weighted by Gasteiger charge is -2.05. The summed E-state index contributed by atoms with van der Waals surface area (Å²) in [6, 6.07) is 18.4. The molecule has 5 nitrogen and oxygen atoms in total. The molecule has 2 heterocycles. The number of anilines is 1. The second-order valence-corrected chi connectivity index (χ2v) is 5.99. The molecule has 0 fully saturated rings. The quantitative estimate of drug-likeness (QED) is 0.533. The Balaban J connectivity index is 1.73. The fraction of sp³-hybridized carbons (Fsp3) is 0. The average molecular weight is 382 g/mol. The topological polar surface area (TPSA) is 70.9 Å². The maximum absolute atomic E-state index is 12.6. The molecule has 0 radical (unpaired) electrons. The van der Waals surface area contributed by atoms with Crippen LogP contribution >= 0.6 is 15.9 Å².